The Morgan fingerprint density at radius 1 is 1.32 bits per heavy atom. The zero-order valence-corrected chi connectivity index (χ0v) is 11.4. The molecule has 1 saturated heterocycles. The number of nitrogens with one attached hydrogen (secondary N) is 2. The van der Waals surface area contributed by atoms with Crippen LogP contribution in [0.15, 0.2) is 24.3 Å². The maximum absolute atomic E-state index is 11.7. The number of amides is 2. The van der Waals surface area contributed by atoms with Gasteiger partial charge in [-0.3, -0.25) is 0 Å². The first kappa shape index (κ1) is 13.9. The number of benzene rings is 1. The number of carbonyl (C=O) groups excluding carboxylic acids is 1. The van der Waals surface area contributed by atoms with Crippen molar-refractivity contribution in [2.75, 3.05) is 19.8 Å². The quantitative estimate of drug-likeness (QED) is 0.874. The number of rotatable bonds is 4. The van der Waals surface area contributed by atoms with Gasteiger partial charge in [0.05, 0.1) is 0 Å². The fraction of sp³-hybridized carbons (Fsp3) is 0.533. The Labute approximate surface area is 114 Å². The lowest BCUT2D eigenvalue weighted by atomic mass is 10.0. The first-order valence-electron chi connectivity index (χ1n) is 6.89. The van der Waals surface area contributed by atoms with Crippen molar-refractivity contribution in [3.8, 4) is 0 Å². The van der Waals surface area contributed by atoms with Gasteiger partial charge in [0.1, 0.15) is 0 Å². The molecule has 0 saturated carbocycles. The summed E-state index contributed by atoms with van der Waals surface area (Å²) in [5.74, 6) is 0.554. The fourth-order valence-corrected chi connectivity index (χ4v) is 2.25. The molecule has 104 valence electrons. The van der Waals surface area contributed by atoms with Crippen LogP contribution in [0.4, 0.5) is 4.79 Å². The molecule has 1 aliphatic rings. The highest BCUT2D eigenvalue weighted by atomic mass is 16.5. The lowest BCUT2D eigenvalue weighted by molar-refractivity contribution is 0.0669. The molecule has 0 atom stereocenters. The highest BCUT2D eigenvalue weighted by Crippen LogP contribution is 2.13. The van der Waals surface area contributed by atoms with Crippen LogP contribution >= 0.6 is 0 Å². The predicted octanol–water partition coefficient (Wildman–Crippen LogP) is 2.22. The van der Waals surface area contributed by atoms with Crippen molar-refractivity contribution < 1.29 is 9.53 Å². The van der Waals surface area contributed by atoms with Crippen molar-refractivity contribution in [3.05, 3.63) is 35.4 Å². The average Bonchev–Trinajstić information content (AvgIpc) is 2.44. The lowest BCUT2D eigenvalue weighted by Crippen LogP contribution is -2.39. The van der Waals surface area contributed by atoms with Crippen LogP contribution in [0.1, 0.15) is 24.0 Å². The minimum Gasteiger partial charge on any atom is -0.381 e. The zero-order chi connectivity index (χ0) is 13.5. The van der Waals surface area contributed by atoms with Gasteiger partial charge in [-0.2, -0.15) is 0 Å². The second-order valence-electron chi connectivity index (χ2n) is 5.11. The maximum atomic E-state index is 11.7. The summed E-state index contributed by atoms with van der Waals surface area (Å²) in [7, 11) is 0. The normalized spacial score (nSPS) is 16.1. The minimum absolute atomic E-state index is 0.0898. The van der Waals surface area contributed by atoms with Crippen LogP contribution in [0.2, 0.25) is 0 Å². The molecule has 2 amide bonds. The average molecular weight is 262 g/mol. The molecule has 0 bridgehead atoms. The van der Waals surface area contributed by atoms with Gasteiger partial charge in [-0.25, -0.2) is 4.79 Å². The van der Waals surface area contributed by atoms with Crippen LogP contribution in [0.5, 0.6) is 0 Å². The maximum Gasteiger partial charge on any atom is 0.315 e. The van der Waals surface area contributed by atoms with E-state index in [2.05, 4.69) is 29.7 Å². The Morgan fingerprint density at radius 3 is 2.84 bits per heavy atom. The van der Waals surface area contributed by atoms with Crippen molar-refractivity contribution in [3.63, 3.8) is 0 Å². The molecule has 0 aliphatic carbocycles. The standard InChI is InChI=1S/C15H22N2O2/c1-12-3-2-4-14(9-12)11-17-15(18)16-10-13-5-7-19-8-6-13/h2-4,9,13H,5-8,10-11H2,1H3,(H2,16,17,18). The molecule has 0 spiro atoms. The summed E-state index contributed by atoms with van der Waals surface area (Å²) < 4.78 is 5.29. The summed E-state index contributed by atoms with van der Waals surface area (Å²) in [5.41, 5.74) is 2.34. The molecule has 4 nitrogen and oxygen atoms in total. The Hall–Kier alpha value is -1.55. The van der Waals surface area contributed by atoms with Crippen LogP contribution in [-0.4, -0.2) is 25.8 Å². The van der Waals surface area contributed by atoms with Gasteiger partial charge in [0.25, 0.3) is 0 Å². The monoisotopic (exact) mass is 262 g/mol. The van der Waals surface area contributed by atoms with E-state index in [1.54, 1.807) is 0 Å². The van der Waals surface area contributed by atoms with Gasteiger partial charge in [-0.05, 0) is 31.2 Å². The van der Waals surface area contributed by atoms with Gasteiger partial charge >= 0.3 is 6.03 Å². The van der Waals surface area contributed by atoms with Crippen molar-refractivity contribution in [1.29, 1.82) is 0 Å². The smallest absolute Gasteiger partial charge is 0.315 e. The third kappa shape index (κ3) is 4.91. The Bertz CT molecular complexity index is 414. The summed E-state index contributed by atoms with van der Waals surface area (Å²) in [5, 5.41) is 5.82. The summed E-state index contributed by atoms with van der Waals surface area (Å²) >= 11 is 0. The van der Waals surface area contributed by atoms with Crippen LogP contribution in [0, 0.1) is 12.8 Å². The van der Waals surface area contributed by atoms with Crippen LogP contribution < -0.4 is 10.6 Å². The van der Waals surface area contributed by atoms with Gasteiger partial charge in [-0.15, -0.1) is 0 Å². The van der Waals surface area contributed by atoms with E-state index in [-0.39, 0.29) is 6.03 Å². The van der Waals surface area contributed by atoms with E-state index < -0.39 is 0 Å². The second kappa shape index (κ2) is 7.14. The van der Waals surface area contributed by atoms with E-state index in [0.717, 1.165) is 38.2 Å². The molecule has 2 rings (SSSR count). The molecule has 4 heteroatoms. The number of hydrogen-bond acceptors (Lipinski definition) is 2. The van der Waals surface area contributed by atoms with E-state index in [1.165, 1.54) is 5.56 Å². The summed E-state index contributed by atoms with van der Waals surface area (Å²) in [6.45, 7) is 4.99. The molecular formula is C15H22N2O2. The molecule has 1 fully saturated rings. The van der Waals surface area contributed by atoms with Crippen molar-refractivity contribution in [2.45, 2.75) is 26.3 Å². The highest BCUT2D eigenvalue weighted by Gasteiger charge is 2.14. The third-order valence-corrected chi connectivity index (χ3v) is 3.43. The lowest BCUT2D eigenvalue weighted by Gasteiger charge is -2.22. The molecular weight excluding hydrogens is 240 g/mol. The third-order valence-electron chi connectivity index (χ3n) is 3.43. The largest absolute Gasteiger partial charge is 0.381 e. The first-order chi connectivity index (χ1) is 9.24. The summed E-state index contributed by atoms with van der Waals surface area (Å²) in [6, 6.07) is 8.07. The molecule has 19 heavy (non-hydrogen) atoms. The Balaban J connectivity index is 1.66. The van der Waals surface area contributed by atoms with E-state index in [9.17, 15) is 4.79 Å². The van der Waals surface area contributed by atoms with E-state index in [0.29, 0.717) is 12.5 Å². The van der Waals surface area contributed by atoms with Crippen molar-refractivity contribution in [2.24, 2.45) is 5.92 Å². The first-order valence-corrected chi connectivity index (χ1v) is 6.89. The minimum atomic E-state index is -0.0898. The number of carbonyl (C=O) groups is 1. The van der Waals surface area contributed by atoms with Gasteiger partial charge in [0.15, 0.2) is 0 Å². The Morgan fingerprint density at radius 2 is 2.11 bits per heavy atom. The van der Waals surface area contributed by atoms with Gasteiger partial charge in [0, 0.05) is 26.3 Å². The van der Waals surface area contributed by atoms with Gasteiger partial charge in [0.2, 0.25) is 0 Å². The Kier molecular flexibility index (Phi) is 5.21. The van der Waals surface area contributed by atoms with E-state index >= 15 is 0 Å². The van der Waals surface area contributed by atoms with Gasteiger partial charge in [-0.1, -0.05) is 29.8 Å². The zero-order valence-electron chi connectivity index (χ0n) is 11.4. The molecule has 0 unspecified atom stereocenters. The summed E-state index contributed by atoms with van der Waals surface area (Å²) in [4.78, 5) is 11.7. The van der Waals surface area contributed by atoms with E-state index in [1.807, 2.05) is 12.1 Å². The summed E-state index contributed by atoms with van der Waals surface area (Å²) in [6.07, 6.45) is 2.08. The van der Waals surface area contributed by atoms with Crippen LogP contribution in [0.3, 0.4) is 0 Å². The molecule has 0 radical (unpaired) electrons. The van der Waals surface area contributed by atoms with Crippen LogP contribution in [0.25, 0.3) is 0 Å². The predicted molar refractivity (Wildman–Crippen MR) is 75.0 cm³/mol. The van der Waals surface area contributed by atoms with Crippen molar-refractivity contribution in [1.82, 2.24) is 10.6 Å². The molecule has 1 aromatic rings. The topological polar surface area (TPSA) is 50.4 Å². The SMILES string of the molecule is Cc1cccc(CNC(=O)NCC2CCOCC2)c1. The molecule has 1 aromatic carbocycles. The molecule has 2 N–H and O–H groups in total. The van der Waals surface area contributed by atoms with Crippen molar-refractivity contribution >= 4 is 6.03 Å². The number of ether oxygens (including phenoxy) is 1. The molecule has 1 heterocycles. The number of aryl methyl sites for hydroxylation is 1. The number of urea groups is 1. The fourth-order valence-electron chi connectivity index (χ4n) is 2.25. The molecule has 1 aliphatic heterocycles. The highest BCUT2D eigenvalue weighted by molar-refractivity contribution is 5.73. The van der Waals surface area contributed by atoms with E-state index in [4.69, 9.17) is 4.74 Å². The molecule has 0 aromatic heterocycles. The number of hydrogen-bond donors (Lipinski definition) is 2. The second-order valence-corrected chi connectivity index (χ2v) is 5.11. The van der Waals surface area contributed by atoms with Gasteiger partial charge < -0.3 is 15.4 Å². The van der Waals surface area contributed by atoms with Crippen LogP contribution in [-0.2, 0) is 11.3 Å².